The van der Waals surface area contributed by atoms with Crippen LogP contribution in [0.5, 0.6) is 0 Å². The maximum atomic E-state index is 8.80. The first-order valence-corrected chi connectivity index (χ1v) is 6.20. The molecular formula is C12H14N6O. The minimum Gasteiger partial charge on any atom is -0.338 e. The standard InChI is InChI=1S/C12H14N6O/c1-9-15-12(19-16-9)8-17-3-2-11(7-17)18-6-10(4-13)5-14-18/h5-6,11H,2-3,7-8H2,1H3. The summed E-state index contributed by atoms with van der Waals surface area (Å²) in [4.78, 5) is 6.46. The molecule has 0 aliphatic carbocycles. The van der Waals surface area contributed by atoms with Gasteiger partial charge < -0.3 is 4.52 Å². The number of rotatable bonds is 3. The van der Waals surface area contributed by atoms with Crippen LogP contribution in [-0.2, 0) is 6.54 Å². The highest BCUT2D eigenvalue weighted by Gasteiger charge is 2.25. The van der Waals surface area contributed by atoms with Crippen LogP contribution in [0.3, 0.4) is 0 Å². The lowest BCUT2D eigenvalue weighted by Gasteiger charge is -2.13. The zero-order chi connectivity index (χ0) is 13.2. The SMILES string of the molecule is Cc1noc(CN2CCC(n3cc(C#N)cn3)C2)n1. The van der Waals surface area contributed by atoms with E-state index >= 15 is 0 Å². The van der Waals surface area contributed by atoms with E-state index in [9.17, 15) is 0 Å². The highest BCUT2D eigenvalue weighted by molar-refractivity contribution is 5.22. The number of hydrogen-bond acceptors (Lipinski definition) is 6. The molecule has 0 spiro atoms. The van der Waals surface area contributed by atoms with E-state index in [4.69, 9.17) is 9.78 Å². The molecule has 98 valence electrons. The molecule has 1 atom stereocenters. The molecule has 1 aliphatic rings. The Bertz CT molecular complexity index is 610. The maximum absolute atomic E-state index is 8.80. The summed E-state index contributed by atoms with van der Waals surface area (Å²) >= 11 is 0. The van der Waals surface area contributed by atoms with Gasteiger partial charge in [-0.15, -0.1) is 0 Å². The van der Waals surface area contributed by atoms with Crippen LogP contribution in [0.2, 0.25) is 0 Å². The van der Waals surface area contributed by atoms with Crippen molar-refractivity contribution in [3.05, 3.63) is 29.7 Å². The molecule has 1 unspecified atom stereocenters. The van der Waals surface area contributed by atoms with Crippen molar-refractivity contribution in [1.29, 1.82) is 5.26 Å². The van der Waals surface area contributed by atoms with Crippen LogP contribution in [0.25, 0.3) is 0 Å². The largest absolute Gasteiger partial charge is 0.338 e. The van der Waals surface area contributed by atoms with Crippen LogP contribution in [0.1, 0.15) is 29.7 Å². The first-order valence-electron chi connectivity index (χ1n) is 6.20. The quantitative estimate of drug-likeness (QED) is 0.813. The van der Waals surface area contributed by atoms with Gasteiger partial charge in [-0.1, -0.05) is 5.16 Å². The summed E-state index contributed by atoms with van der Waals surface area (Å²) in [5, 5.41) is 16.8. The maximum Gasteiger partial charge on any atom is 0.240 e. The Morgan fingerprint density at radius 2 is 2.47 bits per heavy atom. The van der Waals surface area contributed by atoms with Crippen molar-refractivity contribution in [2.75, 3.05) is 13.1 Å². The second-order valence-corrected chi connectivity index (χ2v) is 4.73. The number of nitriles is 1. The lowest BCUT2D eigenvalue weighted by atomic mass is 10.3. The second kappa shape index (κ2) is 4.82. The van der Waals surface area contributed by atoms with Gasteiger partial charge in [0.15, 0.2) is 5.82 Å². The Hall–Kier alpha value is -2.20. The third-order valence-electron chi connectivity index (χ3n) is 3.28. The number of nitrogens with zero attached hydrogens (tertiary/aromatic N) is 6. The number of aryl methyl sites for hydroxylation is 1. The van der Waals surface area contributed by atoms with E-state index in [1.54, 1.807) is 12.4 Å². The van der Waals surface area contributed by atoms with Crippen molar-refractivity contribution in [2.24, 2.45) is 0 Å². The molecule has 2 aromatic rings. The van der Waals surface area contributed by atoms with Gasteiger partial charge in [-0.3, -0.25) is 9.58 Å². The summed E-state index contributed by atoms with van der Waals surface area (Å²) in [7, 11) is 0. The predicted molar refractivity (Wildman–Crippen MR) is 64.9 cm³/mol. The van der Waals surface area contributed by atoms with E-state index in [0.717, 1.165) is 19.5 Å². The van der Waals surface area contributed by atoms with Gasteiger partial charge in [0.05, 0.1) is 24.3 Å². The van der Waals surface area contributed by atoms with Gasteiger partial charge in [0.25, 0.3) is 0 Å². The molecule has 0 amide bonds. The zero-order valence-electron chi connectivity index (χ0n) is 10.7. The summed E-state index contributed by atoms with van der Waals surface area (Å²) in [6, 6.07) is 2.41. The molecule has 0 N–H and O–H groups in total. The van der Waals surface area contributed by atoms with Gasteiger partial charge in [-0.25, -0.2) is 0 Å². The molecule has 3 rings (SSSR count). The van der Waals surface area contributed by atoms with Gasteiger partial charge in [0.1, 0.15) is 6.07 Å². The van der Waals surface area contributed by atoms with E-state index in [1.165, 1.54) is 0 Å². The summed E-state index contributed by atoms with van der Waals surface area (Å²) in [6.45, 7) is 4.33. The van der Waals surface area contributed by atoms with E-state index in [0.29, 0.717) is 29.9 Å². The molecule has 19 heavy (non-hydrogen) atoms. The summed E-state index contributed by atoms with van der Waals surface area (Å²) in [5.74, 6) is 1.31. The van der Waals surface area contributed by atoms with Crippen LogP contribution in [0.4, 0.5) is 0 Å². The van der Waals surface area contributed by atoms with E-state index in [1.807, 2.05) is 11.6 Å². The van der Waals surface area contributed by atoms with Crippen LogP contribution >= 0.6 is 0 Å². The fourth-order valence-electron chi connectivity index (χ4n) is 2.36. The summed E-state index contributed by atoms with van der Waals surface area (Å²) in [6.07, 6.45) is 4.41. The van der Waals surface area contributed by atoms with Crippen molar-refractivity contribution in [1.82, 2.24) is 24.8 Å². The lowest BCUT2D eigenvalue weighted by Crippen LogP contribution is -2.21. The number of hydrogen-bond donors (Lipinski definition) is 0. The van der Waals surface area contributed by atoms with Gasteiger partial charge >= 0.3 is 0 Å². The van der Waals surface area contributed by atoms with Gasteiger partial charge in [-0.05, 0) is 13.3 Å². The van der Waals surface area contributed by atoms with E-state index in [2.05, 4.69) is 26.2 Å². The third kappa shape index (κ3) is 2.48. The average molecular weight is 258 g/mol. The minimum atomic E-state index is 0.311. The molecule has 1 aliphatic heterocycles. The fraction of sp³-hybridized carbons (Fsp3) is 0.500. The summed E-state index contributed by atoms with van der Waals surface area (Å²) < 4.78 is 6.99. The Labute approximate surface area is 110 Å². The van der Waals surface area contributed by atoms with Crippen LogP contribution in [-0.4, -0.2) is 37.9 Å². The van der Waals surface area contributed by atoms with Crippen LogP contribution in [0, 0.1) is 18.3 Å². The predicted octanol–water partition coefficient (Wildman–Crippen LogP) is 0.893. The van der Waals surface area contributed by atoms with Gasteiger partial charge in [-0.2, -0.15) is 15.3 Å². The Kier molecular flexibility index (Phi) is 3.01. The molecular weight excluding hydrogens is 244 g/mol. The Balaban J connectivity index is 1.62. The molecule has 7 nitrogen and oxygen atoms in total. The van der Waals surface area contributed by atoms with Crippen molar-refractivity contribution < 1.29 is 4.52 Å². The van der Waals surface area contributed by atoms with Crippen molar-refractivity contribution in [3.63, 3.8) is 0 Å². The first-order chi connectivity index (χ1) is 9.24. The molecule has 2 aromatic heterocycles. The topological polar surface area (TPSA) is 83.8 Å². The zero-order valence-corrected chi connectivity index (χ0v) is 10.7. The smallest absolute Gasteiger partial charge is 0.240 e. The molecule has 0 bridgehead atoms. The lowest BCUT2D eigenvalue weighted by molar-refractivity contribution is 0.258. The molecule has 3 heterocycles. The van der Waals surface area contributed by atoms with Crippen molar-refractivity contribution in [2.45, 2.75) is 25.9 Å². The summed E-state index contributed by atoms with van der Waals surface area (Å²) in [5.41, 5.74) is 0.603. The van der Waals surface area contributed by atoms with Gasteiger partial charge in [0.2, 0.25) is 5.89 Å². The van der Waals surface area contributed by atoms with E-state index < -0.39 is 0 Å². The third-order valence-corrected chi connectivity index (χ3v) is 3.28. The monoisotopic (exact) mass is 258 g/mol. The minimum absolute atomic E-state index is 0.311. The molecule has 0 aromatic carbocycles. The molecule has 7 heteroatoms. The first kappa shape index (κ1) is 11.9. The molecule has 0 radical (unpaired) electrons. The van der Waals surface area contributed by atoms with Crippen LogP contribution < -0.4 is 0 Å². The van der Waals surface area contributed by atoms with Gasteiger partial charge in [0, 0.05) is 19.3 Å². The Morgan fingerprint density at radius 3 is 3.16 bits per heavy atom. The normalized spacial score (nSPS) is 19.7. The fourth-order valence-corrected chi connectivity index (χ4v) is 2.36. The second-order valence-electron chi connectivity index (χ2n) is 4.73. The number of likely N-dealkylation sites (tertiary alicyclic amines) is 1. The molecule has 1 saturated heterocycles. The molecule has 1 fully saturated rings. The molecule has 0 saturated carbocycles. The van der Waals surface area contributed by atoms with Crippen molar-refractivity contribution >= 4 is 0 Å². The average Bonchev–Trinajstić information content (AvgIpc) is 3.10. The van der Waals surface area contributed by atoms with Crippen molar-refractivity contribution in [3.8, 4) is 6.07 Å². The van der Waals surface area contributed by atoms with E-state index in [-0.39, 0.29) is 0 Å². The Morgan fingerprint density at radius 1 is 1.58 bits per heavy atom. The number of aromatic nitrogens is 4. The van der Waals surface area contributed by atoms with Crippen LogP contribution in [0.15, 0.2) is 16.9 Å². The highest BCUT2D eigenvalue weighted by atomic mass is 16.5. The highest BCUT2D eigenvalue weighted by Crippen LogP contribution is 2.22.